The average Bonchev–Trinajstić information content (AvgIpc) is 2.90. The quantitative estimate of drug-likeness (QED) is 0.935. The minimum Gasteiger partial charge on any atom is -0.376 e. The van der Waals surface area contributed by atoms with E-state index in [2.05, 4.69) is 41.5 Å². The van der Waals surface area contributed by atoms with E-state index < -0.39 is 6.10 Å². The fourth-order valence-electron chi connectivity index (χ4n) is 2.36. The summed E-state index contributed by atoms with van der Waals surface area (Å²) in [6.07, 6.45) is 0.274. The van der Waals surface area contributed by atoms with Gasteiger partial charge in [0.05, 0.1) is 25.5 Å². The van der Waals surface area contributed by atoms with Gasteiger partial charge < -0.3 is 9.47 Å². The summed E-state index contributed by atoms with van der Waals surface area (Å²) in [5, 5.41) is 3.45. The maximum atomic E-state index is 12.1. The van der Waals surface area contributed by atoms with Crippen LogP contribution in [0.2, 0.25) is 0 Å². The van der Waals surface area contributed by atoms with Crippen molar-refractivity contribution < 1.29 is 14.3 Å². The lowest BCUT2D eigenvalue weighted by molar-refractivity contribution is -0.142. The smallest absolute Gasteiger partial charge is 0.257 e. The normalized spacial score (nSPS) is 17.9. The van der Waals surface area contributed by atoms with Gasteiger partial charge in [0.15, 0.2) is 11.2 Å². The minimum atomic E-state index is -0.548. The first-order valence-electron chi connectivity index (χ1n) is 7.64. The van der Waals surface area contributed by atoms with Gasteiger partial charge in [-0.15, -0.1) is 11.3 Å². The number of carbonyl (C=O) groups is 1. The van der Waals surface area contributed by atoms with Crippen molar-refractivity contribution in [1.29, 1.82) is 0 Å². The predicted molar refractivity (Wildman–Crippen MR) is 90.0 cm³/mol. The molecule has 1 amide bonds. The molecule has 0 bridgehead atoms. The number of nitrogens with zero attached hydrogens (tertiary/aromatic N) is 1. The van der Waals surface area contributed by atoms with Crippen LogP contribution in [0.25, 0.3) is 0 Å². The molecular weight excluding hydrogens is 312 g/mol. The van der Waals surface area contributed by atoms with Crippen LogP contribution in [-0.2, 0) is 20.7 Å². The number of thiazole rings is 1. The van der Waals surface area contributed by atoms with Gasteiger partial charge >= 0.3 is 0 Å². The first kappa shape index (κ1) is 16.1. The maximum Gasteiger partial charge on any atom is 0.257 e. The van der Waals surface area contributed by atoms with Crippen molar-refractivity contribution >= 4 is 22.4 Å². The molecule has 1 saturated heterocycles. The van der Waals surface area contributed by atoms with Crippen LogP contribution in [0.15, 0.2) is 24.3 Å². The van der Waals surface area contributed by atoms with Gasteiger partial charge in [0.1, 0.15) is 0 Å². The van der Waals surface area contributed by atoms with Crippen LogP contribution >= 0.6 is 11.3 Å². The van der Waals surface area contributed by atoms with E-state index in [1.54, 1.807) is 0 Å². The zero-order chi connectivity index (χ0) is 16.2. The standard InChI is InChI=1S/C17H20N2O3S/c1-11-3-5-13(6-4-11)9-15-12(2)18-17(23-15)19-16(20)14-10-21-7-8-22-14/h3-6,14H,7-10H2,1-2H3,(H,18,19,20). The monoisotopic (exact) mass is 332 g/mol. The number of rotatable bonds is 4. The van der Waals surface area contributed by atoms with Crippen molar-refractivity contribution in [3.8, 4) is 0 Å². The summed E-state index contributed by atoms with van der Waals surface area (Å²) in [5.41, 5.74) is 3.44. The Balaban J connectivity index is 1.65. The Morgan fingerprint density at radius 1 is 1.30 bits per heavy atom. The highest BCUT2D eigenvalue weighted by atomic mass is 32.1. The highest BCUT2D eigenvalue weighted by Crippen LogP contribution is 2.25. The summed E-state index contributed by atoms with van der Waals surface area (Å²) in [6.45, 7) is 5.34. The van der Waals surface area contributed by atoms with Crippen LogP contribution in [0.3, 0.4) is 0 Å². The van der Waals surface area contributed by atoms with Crippen LogP contribution in [0.4, 0.5) is 5.13 Å². The molecule has 1 atom stereocenters. The highest BCUT2D eigenvalue weighted by molar-refractivity contribution is 7.15. The second-order valence-corrected chi connectivity index (χ2v) is 6.70. The van der Waals surface area contributed by atoms with E-state index in [1.165, 1.54) is 22.5 Å². The first-order valence-corrected chi connectivity index (χ1v) is 8.45. The van der Waals surface area contributed by atoms with Gasteiger partial charge in [-0.3, -0.25) is 10.1 Å². The van der Waals surface area contributed by atoms with Gasteiger partial charge in [-0.25, -0.2) is 4.98 Å². The van der Waals surface area contributed by atoms with Crippen molar-refractivity contribution in [3.63, 3.8) is 0 Å². The topological polar surface area (TPSA) is 60.5 Å². The van der Waals surface area contributed by atoms with E-state index in [-0.39, 0.29) is 5.91 Å². The first-order chi connectivity index (χ1) is 11.1. The summed E-state index contributed by atoms with van der Waals surface area (Å²) in [6, 6.07) is 8.46. The average molecular weight is 332 g/mol. The van der Waals surface area contributed by atoms with Crippen molar-refractivity contribution in [3.05, 3.63) is 46.0 Å². The van der Waals surface area contributed by atoms with Crippen molar-refractivity contribution in [2.45, 2.75) is 26.4 Å². The summed E-state index contributed by atoms with van der Waals surface area (Å²) in [4.78, 5) is 17.7. The van der Waals surface area contributed by atoms with Crippen molar-refractivity contribution in [1.82, 2.24) is 4.98 Å². The Bertz CT molecular complexity index is 676. The van der Waals surface area contributed by atoms with Crippen LogP contribution < -0.4 is 5.32 Å². The number of hydrogen-bond donors (Lipinski definition) is 1. The molecule has 2 heterocycles. The van der Waals surface area contributed by atoms with E-state index in [4.69, 9.17) is 9.47 Å². The Labute approximate surface area is 139 Å². The molecule has 1 aliphatic heterocycles. The molecule has 1 aromatic carbocycles. The van der Waals surface area contributed by atoms with Crippen LogP contribution in [-0.4, -0.2) is 36.8 Å². The molecule has 1 aromatic heterocycles. The lowest BCUT2D eigenvalue weighted by Crippen LogP contribution is -2.39. The van der Waals surface area contributed by atoms with Crippen molar-refractivity contribution in [2.24, 2.45) is 0 Å². The second kappa shape index (κ2) is 7.21. The molecule has 1 fully saturated rings. The fourth-order valence-corrected chi connectivity index (χ4v) is 3.36. The van der Waals surface area contributed by atoms with Crippen LogP contribution in [0.1, 0.15) is 21.7 Å². The zero-order valence-electron chi connectivity index (χ0n) is 13.3. The Kier molecular flexibility index (Phi) is 5.05. The molecule has 6 heteroatoms. The number of carbonyl (C=O) groups excluding carboxylic acids is 1. The fraction of sp³-hybridized carbons (Fsp3) is 0.412. The summed E-state index contributed by atoms with van der Waals surface area (Å²) in [7, 11) is 0. The third kappa shape index (κ3) is 4.16. The molecule has 1 unspecified atom stereocenters. The number of aryl methyl sites for hydroxylation is 2. The lowest BCUT2D eigenvalue weighted by atomic mass is 10.1. The second-order valence-electron chi connectivity index (χ2n) is 5.61. The van der Waals surface area contributed by atoms with E-state index >= 15 is 0 Å². The maximum absolute atomic E-state index is 12.1. The van der Waals surface area contributed by atoms with Gasteiger partial charge in [-0.2, -0.15) is 0 Å². The largest absolute Gasteiger partial charge is 0.376 e. The van der Waals surface area contributed by atoms with Crippen LogP contribution in [0, 0.1) is 13.8 Å². The third-order valence-corrected chi connectivity index (χ3v) is 4.79. The molecule has 122 valence electrons. The summed E-state index contributed by atoms with van der Waals surface area (Å²) < 4.78 is 10.7. The molecule has 3 rings (SSSR count). The van der Waals surface area contributed by atoms with E-state index in [1.807, 2.05) is 6.92 Å². The minimum absolute atomic E-state index is 0.194. The molecule has 2 aromatic rings. The van der Waals surface area contributed by atoms with Gasteiger partial charge in [0.25, 0.3) is 5.91 Å². The number of anilines is 1. The molecule has 0 saturated carbocycles. The number of hydrogen-bond acceptors (Lipinski definition) is 5. The molecule has 23 heavy (non-hydrogen) atoms. The molecule has 1 N–H and O–H groups in total. The number of aromatic nitrogens is 1. The Hall–Kier alpha value is -1.76. The van der Waals surface area contributed by atoms with Gasteiger partial charge in [-0.1, -0.05) is 29.8 Å². The summed E-state index contributed by atoms with van der Waals surface area (Å²) in [5.74, 6) is -0.194. The number of benzene rings is 1. The predicted octanol–water partition coefficient (Wildman–Crippen LogP) is 2.70. The Morgan fingerprint density at radius 2 is 2.09 bits per heavy atom. The summed E-state index contributed by atoms with van der Waals surface area (Å²) >= 11 is 1.51. The van der Waals surface area contributed by atoms with Gasteiger partial charge in [0, 0.05) is 11.3 Å². The SMILES string of the molecule is Cc1ccc(Cc2sc(NC(=O)C3COCCO3)nc2C)cc1. The van der Waals surface area contributed by atoms with E-state index in [0.29, 0.717) is 25.0 Å². The molecule has 5 nitrogen and oxygen atoms in total. The number of nitrogens with one attached hydrogen (secondary N) is 1. The van der Waals surface area contributed by atoms with Gasteiger partial charge in [0.2, 0.25) is 0 Å². The zero-order valence-corrected chi connectivity index (χ0v) is 14.1. The molecular formula is C17H20N2O3S. The van der Waals surface area contributed by atoms with E-state index in [9.17, 15) is 4.79 Å². The molecule has 0 spiro atoms. The Morgan fingerprint density at radius 3 is 2.78 bits per heavy atom. The number of amides is 1. The molecule has 0 radical (unpaired) electrons. The molecule has 1 aliphatic rings. The molecule has 0 aliphatic carbocycles. The van der Waals surface area contributed by atoms with Crippen molar-refractivity contribution in [2.75, 3.05) is 25.1 Å². The number of ether oxygens (including phenoxy) is 2. The van der Waals surface area contributed by atoms with Crippen LogP contribution in [0.5, 0.6) is 0 Å². The van der Waals surface area contributed by atoms with E-state index in [0.717, 1.165) is 17.0 Å². The highest BCUT2D eigenvalue weighted by Gasteiger charge is 2.23. The third-order valence-electron chi connectivity index (χ3n) is 3.72. The lowest BCUT2D eigenvalue weighted by Gasteiger charge is -2.21. The van der Waals surface area contributed by atoms with Gasteiger partial charge in [-0.05, 0) is 19.4 Å².